The molecule has 0 spiro atoms. The Kier molecular flexibility index (Phi) is 5.51. The molecule has 1 N–H and O–H groups in total. The Morgan fingerprint density at radius 2 is 1.82 bits per heavy atom. The number of para-hydroxylation sites is 2. The van der Waals surface area contributed by atoms with E-state index in [2.05, 4.69) is 5.32 Å². The van der Waals surface area contributed by atoms with Gasteiger partial charge in [-0.25, -0.2) is 4.98 Å². The zero-order chi connectivity index (χ0) is 22.9. The van der Waals surface area contributed by atoms with Gasteiger partial charge in [-0.2, -0.15) is 0 Å². The summed E-state index contributed by atoms with van der Waals surface area (Å²) >= 11 is 1.24. The van der Waals surface area contributed by atoms with Gasteiger partial charge in [-0.1, -0.05) is 42.1 Å². The number of amides is 1. The summed E-state index contributed by atoms with van der Waals surface area (Å²) < 4.78 is 12.3. The number of hydrogen-bond donors (Lipinski definition) is 1. The highest BCUT2D eigenvalue weighted by molar-refractivity contribution is 8.00. The molecule has 1 atom stereocenters. The highest BCUT2D eigenvalue weighted by Gasteiger charge is 2.22. The summed E-state index contributed by atoms with van der Waals surface area (Å²) in [6, 6.07) is 20.1. The average Bonchev–Trinajstić information content (AvgIpc) is 3.28. The number of nitrogens with zero attached hydrogens (tertiary/aromatic N) is 2. The monoisotopic (exact) mass is 459 g/mol. The molecule has 0 aliphatic carbocycles. The van der Waals surface area contributed by atoms with Crippen molar-refractivity contribution >= 4 is 34.3 Å². The fraction of sp³-hybridized carbons (Fsp3) is 0.160. The quantitative estimate of drug-likeness (QED) is 0.349. The summed E-state index contributed by atoms with van der Waals surface area (Å²) in [4.78, 5) is 31.1. The van der Waals surface area contributed by atoms with Crippen LogP contribution in [0.4, 0.5) is 5.69 Å². The third-order valence-corrected chi connectivity index (χ3v) is 6.45. The average molecular weight is 460 g/mol. The summed E-state index contributed by atoms with van der Waals surface area (Å²) in [5, 5.41) is 3.38. The van der Waals surface area contributed by atoms with E-state index in [0.717, 1.165) is 11.3 Å². The van der Waals surface area contributed by atoms with Crippen LogP contribution in [0.3, 0.4) is 0 Å². The van der Waals surface area contributed by atoms with E-state index in [1.165, 1.54) is 11.8 Å². The Morgan fingerprint density at radius 3 is 2.67 bits per heavy atom. The maximum absolute atomic E-state index is 13.4. The van der Waals surface area contributed by atoms with Crippen molar-refractivity contribution in [1.29, 1.82) is 0 Å². The molecular weight excluding hydrogens is 438 g/mol. The lowest BCUT2D eigenvalue weighted by atomic mass is 10.2. The number of fused-ring (bicyclic) bond motifs is 2. The van der Waals surface area contributed by atoms with Gasteiger partial charge in [-0.05, 0) is 49.7 Å². The van der Waals surface area contributed by atoms with Gasteiger partial charge in [-0.3, -0.25) is 14.2 Å². The van der Waals surface area contributed by atoms with Crippen molar-refractivity contribution in [3.05, 3.63) is 82.6 Å². The van der Waals surface area contributed by atoms with Crippen molar-refractivity contribution in [3.63, 3.8) is 0 Å². The zero-order valence-corrected chi connectivity index (χ0v) is 18.9. The maximum atomic E-state index is 13.4. The summed E-state index contributed by atoms with van der Waals surface area (Å²) in [5.41, 5.74) is 2.72. The third kappa shape index (κ3) is 4.05. The number of aromatic nitrogens is 2. The normalized spacial score (nSPS) is 13.2. The number of ether oxygens (including phenoxy) is 2. The Labute approximate surface area is 194 Å². The lowest BCUT2D eigenvalue weighted by Crippen LogP contribution is -2.26. The molecule has 166 valence electrons. The van der Waals surface area contributed by atoms with Crippen LogP contribution >= 0.6 is 11.8 Å². The van der Waals surface area contributed by atoms with Crippen molar-refractivity contribution in [2.45, 2.75) is 24.3 Å². The molecule has 0 saturated carbocycles. The molecule has 1 amide bonds. The van der Waals surface area contributed by atoms with Gasteiger partial charge in [0, 0.05) is 11.8 Å². The van der Waals surface area contributed by atoms with Crippen molar-refractivity contribution in [1.82, 2.24) is 9.55 Å². The lowest BCUT2D eigenvalue weighted by Gasteiger charge is -2.17. The first-order chi connectivity index (χ1) is 16.0. The number of hydrogen-bond acceptors (Lipinski definition) is 6. The molecule has 0 fully saturated rings. The molecule has 0 saturated heterocycles. The van der Waals surface area contributed by atoms with Gasteiger partial charge >= 0.3 is 0 Å². The predicted octanol–water partition coefficient (Wildman–Crippen LogP) is 4.54. The van der Waals surface area contributed by atoms with E-state index in [0.29, 0.717) is 33.2 Å². The zero-order valence-electron chi connectivity index (χ0n) is 18.1. The number of thioether (sulfide) groups is 1. The number of carbonyl (C=O) groups is 1. The predicted molar refractivity (Wildman–Crippen MR) is 129 cm³/mol. The summed E-state index contributed by atoms with van der Waals surface area (Å²) in [6.07, 6.45) is 0. The molecule has 3 aromatic carbocycles. The van der Waals surface area contributed by atoms with E-state index < -0.39 is 5.25 Å². The van der Waals surface area contributed by atoms with Crippen LogP contribution in [0.1, 0.15) is 12.5 Å². The summed E-state index contributed by atoms with van der Waals surface area (Å²) in [5.74, 6) is 1.04. The first kappa shape index (κ1) is 21.1. The van der Waals surface area contributed by atoms with Crippen LogP contribution in [0, 0.1) is 6.92 Å². The van der Waals surface area contributed by atoms with E-state index in [-0.39, 0.29) is 18.3 Å². The van der Waals surface area contributed by atoms with E-state index >= 15 is 0 Å². The molecular formula is C25H21N3O4S. The Morgan fingerprint density at radius 1 is 1.06 bits per heavy atom. The minimum absolute atomic E-state index is 0.166. The highest BCUT2D eigenvalue weighted by atomic mass is 32.2. The topological polar surface area (TPSA) is 82.5 Å². The molecule has 0 radical (unpaired) electrons. The molecule has 1 aliphatic rings. The second-order valence-electron chi connectivity index (χ2n) is 7.66. The highest BCUT2D eigenvalue weighted by Crippen LogP contribution is 2.34. The second kappa shape index (κ2) is 8.63. The molecule has 2 heterocycles. The minimum Gasteiger partial charge on any atom is -0.454 e. The molecule has 8 heteroatoms. The number of anilines is 1. The standard InChI is InChI=1S/C25H21N3O4S/c1-15-7-3-6-10-20(15)28-24(30)18-8-4-5-9-19(18)27-25(28)33-16(2)23(29)26-17-11-12-21-22(13-17)32-14-31-21/h3-13,16H,14H2,1-2H3,(H,26,29)/t16-/m1/s1. The number of rotatable bonds is 5. The van der Waals surface area contributed by atoms with Crippen LogP contribution in [-0.4, -0.2) is 27.5 Å². The van der Waals surface area contributed by atoms with E-state index in [1.54, 1.807) is 41.8 Å². The van der Waals surface area contributed by atoms with Crippen molar-refractivity contribution in [3.8, 4) is 17.2 Å². The SMILES string of the molecule is Cc1ccccc1-n1c(S[C@H](C)C(=O)Nc2ccc3c(c2)OCO3)nc2ccccc2c1=O. The van der Waals surface area contributed by atoms with Gasteiger partial charge in [0.1, 0.15) is 0 Å². The van der Waals surface area contributed by atoms with Gasteiger partial charge in [-0.15, -0.1) is 0 Å². The molecule has 33 heavy (non-hydrogen) atoms. The largest absolute Gasteiger partial charge is 0.454 e. The van der Waals surface area contributed by atoms with Crippen molar-refractivity contribution < 1.29 is 14.3 Å². The number of aryl methyl sites for hydroxylation is 1. The molecule has 7 nitrogen and oxygen atoms in total. The van der Waals surface area contributed by atoms with Crippen LogP contribution in [0.15, 0.2) is 76.7 Å². The van der Waals surface area contributed by atoms with Gasteiger partial charge < -0.3 is 14.8 Å². The van der Waals surface area contributed by atoms with Gasteiger partial charge in [0.05, 0.1) is 21.8 Å². The van der Waals surface area contributed by atoms with Gasteiger partial charge in [0.2, 0.25) is 12.7 Å². The molecule has 4 aromatic rings. The van der Waals surface area contributed by atoms with Crippen LogP contribution in [-0.2, 0) is 4.79 Å². The van der Waals surface area contributed by atoms with Crippen molar-refractivity contribution in [2.75, 3.05) is 12.1 Å². The Bertz CT molecular complexity index is 1430. The van der Waals surface area contributed by atoms with Crippen LogP contribution in [0.25, 0.3) is 16.6 Å². The second-order valence-corrected chi connectivity index (χ2v) is 8.96. The Hall–Kier alpha value is -3.78. The van der Waals surface area contributed by atoms with E-state index in [4.69, 9.17) is 14.5 Å². The smallest absolute Gasteiger partial charge is 0.266 e. The van der Waals surface area contributed by atoms with E-state index in [1.807, 2.05) is 43.3 Å². The maximum Gasteiger partial charge on any atom is 0.266 e. The number of nitrogens with one attached hydrogen (secondary N) is 1. The Balaban J connectivity index is 1.49. The van der Waals surface area contributed by atoms with E-state index in [9.17, 15) is 9.59 Å². The van der Waals surface area contributed by atoms with Crippen LogP contribution < -0.4 is 20.3 Å². The summed E-state index contributed by atoms with van der Waals surface area (Å²) in [7, 11) is 0. The summed E-state index contributed by atoms with van der Waals surface area (Å²) in [6.45, 7) is 3.90. The molecule has 5 rings (SSSR count). The van der Waals surface area contributed by atoms with Gasteiger partial charge in [0.15, 0.2) is 16.7 Å². The first-order valence-corrected chi connectivity index (χ1v) is 11.3. The van der Waals surface area contributed by atoms with Crippen LogP contribution in [0.5, 0.6) is 11.5 Å². The minimum atomic E-state index is -0.515. The molecule has 0 bridgehead atoms. The fourth-order valence-electron chi connectivity index (χ4n) is 3.65. The number of benzene rings is 3. The molecule has 1 aliphatic heterocycles. The molecule has 0 unspecified atom stereocenters. The van der Waals surface area contributed by atoms with Crippen molar-refractivity contribution in [2.24, 2.45) is 0 Å². The molecule has 1 aromatic heterocycles. The fourth-order valence-corrected chi connectivity index (χ4v) is 4.57. The number of carbonyl (C=O) groups excluding carboxylic acids is 1. The third-order valence-electron chi connectivity index (χ3n) is 5.39. The lowest BCUT2D eigenvalue weighted by molar-refractivity contribution is -0.115. The first-order valence-electron chi connectivity index (χ1n) is 10.5. The van der Waals surface area contributed by atoms with Crippen LogP contribution in [0.2, 0.25) is 0 Å². The van der Waals surface area contributed by atoms with Gasteiger partial charge in [0.25, 0.3) is 5.56 Å².